The fourth-order valence-electron chi connectivity index (χ4n) is 1.67. The van der Waals surface area contributed by atoms with E-state index in [1.165, 1.54) is 0 Å². The summed E-state index contributed by atoms with van der Waals surface area (Å²) in [6.45, 7) is 6.19. The lowest BCUT2D eigenvalue weighted by molar-refractivity contribution is -0.146. The van der Waals surface area contributed by atoms with Gasteiger partial charge in [-0.25, -0.2) is 0 Å². The summed E-state index contributed by atoms with van der Waals surface area (Å²) in [5.74, 6) is -0.797. The van der Waals surface area contributed by atoms with E-state index in [2.05, 4.69) is 10.2 Å². The number of ether oxygens (including phenoxy) is 1. The van der Waals surface area contributed by atoms with Gasteiger partial charge in [0.25, 0.3) is 0 Å². The van der Waals surface area contributed by atoms with Crippen molar-refractivity contribution in [1.29, 1.82) is 0 Å². The summed E-state index contributed by atoms with van der Waals surface area (Å²) < 4.78 is 5.56. The van der Waals surface area contributed by atoms with Crippen LogP contribution >= 0.6 is 0 Å². The molecule has 0 aromatic heterocycles. The van der Waals surface area contributed by atoms with Gasteiger partial charge in [-0.2, -0.15) is 0 Å². The van der Waals surface area contributed by atoms with Crippen molar-refractivity contribution >= 4 is 5.97 Å². The first-order valence-electron chi connectivity index (χ1n) is 5.52. The molecule has 1 aliphatic heterocycles. The molecule has 0 aromatic rings. The number of rotatable bonds is 6. The van der Waals surface area contributed by atoms with Crippen molar-refractivity contribution in [2.24, 2.45) is 0 Å². The molecule has 88 valence electrons. The lowest BCUT2D eigenvalue weighted by atomic mass is 10.3. The fraction of sp³-hybridized carbons (Fsp3) is 0.900. The largest absolute Gasteiger partial charge is 0.481 e. The van der Waals surface area contributed by atoms with Crippen LogP contribution in [0, 0.1) is 0 Å². The smallest absolute Gasteiger partial charge is 0.307 e. The van der Waals surface area contributed by atoms with Gasteiger partial charge in [0.2, 0.25) is 0 Å². The van der Waals surface area contributed by atoms with Crippen LogP contribution in [-0.2, 0) is 9.53 Å². The van der Waals surface area contributed by atoms with Gasteiger partial charge >= 0.3 is 5.97 Å². The third-order valence-corrected chi connectivity index (χ3v) is 2.42. The normalized spacial score (nSPS) is 20.1. The number of aliphatic carboxylic acids is 1. The maximum atomic E-state index is 10.7. The summed E-state index contributed by atoms with van der Waals surface area (Å²) in [5.41, 5.74) is 0. The molecule has 1 saturated heterocycles. The average molecular weight is 216 g/mol. The van der Waals surface area contributed by atoms with Crippen molar-refractivity contribution < 1.29 is 14.6 Å². The quantitative estimate of drug-likeness (QED) is 0.660. The number of hydrogen-bond acceptors (Lipinski definition) is 4. The maximum Gasteiger partial charge on any atom is 0.307 e. The molecular formula is C10H20N2O3. The monoisotopic (exact) mass is 216 g/mol. The molecule has 1 aliphatic rings. The van der Waals surface area contributed by atoms with Gasteiger partial charge in [-0.3, -0.25) is 9.69 Å². The minimum absolute atomic E-state index is 0.0694. The van der Waals surface area contributed by atoms with Gasteiger partial charge in [0.15, 0.2) is 0 Å². The lowest BCUT2D eigenvalue weighted by Gasteiger charge is -2.33. The van der Waals surface area contributed by atoms with E-state index in [4.69, 9.17) is 9.84 Å². The van der Waals surface area contributed by atoms with E-state index in [-0.39, 0.29) is 12.6 Å². The van der Waals surface area contributed by atoms with Gasteiger partial charge < -0.3 is 15.2 Å². The Morgan fingerprint density at radius 2 is 2.20 bits per heavy atom. The van der Waals surface area contributed by atoms with Crippen LogP contribution in [0.4, 0.5) is 0 Å². The zero-order valence-electron chi connectivity index (χ0n) is 9.24. The van der Waals surface area contributed by atoms with Crippen molar-refractivity contribution in [2.45, 2.75) is 26.0 Å². The Bertz CT molecular complexity index is 193. The van der Waals surface area contributed by atoms with Crippen LogP contribution in [0.15, 0.2) is 0 Å². The Morgan fingerprint density at radius 1 is 1.53 bits per heavy atom. The van der Waals surface area contributed by atoms with E-state index in [0.29, 0.717) is 6.61 Å². The van der Waals surface area contributed by atoms with E-state index in [1.807, 2.05) is 6.92 Å². The van der Waals surface area contributed by atoms with Crippen molar-refractivity contribution in [3.05, 3.63) is 0 Å². The van der Waals surface area contributed by atoms with Crippen molar-refractivity contribution in [3.8, 4) is 0 Å². The summed E-state index contributed by atoms with van der Waals surface area (Å²) in [5, 5.41) is 12.0. The number of nitrogens with zero attached hydrogens (tertiary/aromatic N) is 1. The summed E-state index contributed by atoms with van der Waals surface area (Å²) in [7, 11) is 0. The van der Waals surface area contributed by atoms with Crippen molar-refractivity contribution in [3.63, 3.8) is 0 Å². The van der Waals surface area contributed by atoms with Crippen LogP contribution in [0.25, 0.3) is 0 Å². The number of carboxylic acid groups (broad SMARTS) is 1. The van der Waals surface area contributed by atoms with Gasteiger partial charge in [0.05, 0.1) is 6.42 Å². The van der Waals surface area contributed by atoms with Gasteiger partial charge in [-0.05, 0) is 6.42 Å². The second kappa shape index (κ2) is 6.76. The van der Waals surface area contributed by atoms with Gasteiger partial charge in [-0.15, -0.1) is 0 Å². The summed E-state index contributed by atoms with van der Waals surface area (Å²) in [6, 6.07) is 0. The minimum Gasteiger partial charge on any atom is -0.481 e. The molecule has 1 atom stereocenters. The van der Waals surface area contributed by atoms with Gasteiger partial charge in [-0.1, -0.05) is 6.92 Å². The van der Waals surface area contributed by atoms with Crippen LogP contribution in [0.5, 0.6) is 0 Å². The van der Waals surface area contributed by atoms with Gasteiger partial charge in [0.1, 0.15) is 6.23 Å². The van der Waals surface area contributed by atoms with E-state index in [1.54, 1.807) is 0 Å². The number of nitrogens with one attached hydrogen (secondary N) is 1. The summed E-state index contributed by atoms with van der Waals surface area (Å²) >= 11 is 0. The molecule has 5 nitrogen and oxygen atoms in total. The van der Waals surface area contributed by atoms with Gasteiger partial charge in [0, 0.05) is 32.8 Å². The highest BCUT2D eigenvalue weighted by atomic mass is 16.5. The first kappa shape index (κ1) is 12.4. The molecule has 1 fully saturated rings. The number of carboxylic acids is 1. The Hall–Kier alpha value is -0.650. The summed E-state index contributed by atoms with van der Waals surface area (Å²) in [4.78, 5) is 12.8. The zero-order valence-corrected chi connectivity index (χ0v) is 9.24. The predicted molar refractivity (Wildman–Crippen MR) is 56.7 cm³/mol. The van der Waals surface area contributed by atoms with Crippen molar-refractivity contribution in [2.75, 3.05) is 32.8 Å². The first-order chi connectivity index (χ1) is 7.24. The molecule has 2 N–H and O–H groups in total. The molecule has 0 amide bonds. The highest BCUT2D eigenvalue weighted by Crippen LogP contribution is 2.08. The third kappa shape index (κ3) is 4.59. The second-order valence-electron chi connectivity index (χ2n) is 3.71. The Labute approximate surface area is 90.4 Å². The lowest BCUT2D eigenvalue weighted by Crippen LogP contribution is -2.50. The molecule has 0 radical (unpaired) electrons. The average Bonchev–Trinajstić information content (AvgIpc) is 2.25. The molecule has 15 heavy (non-hydrogen) atoms. The van der Waals surface area contributed by atoms with Crippen LogP contribution in [0.3, 0.4) is 0 Å². The third-order valence-electron chi connectivity index (χ3n) is 2.42. The van der Waals surface area contributed by atoms with Crippen molar-refractivity contribution in [1.82, 2.24) is 10.2 Å². The van der Waals surface area contributed by atoms with E-state index in [0.717, 1.165) is 32.6 Å². The standard InChI is InChI=1S/C10H20N2O3/c1-2-7-15-9(8-10(13)14)12-5-3-11-4-6-12/h9,11H,2-8H2,1H3,(H,13,14). The minimum atomic E-state index is -0.797. The van der Waals surface area contributed by atoms with Crippen LogP contribution in [0.1, 0.15) is 19.8 Å². The molecule has 5 heteroatoms. The van der Waals surface area contributed by atoms with Crippen LogP contribution < -0.4 is 5.32 Å². The Kier molecular flexibility index (Phi) is 5.60. The predicted octanol–water partition coefficient (Wildman–Crippen LogP) is 0.119. The van der Waals surface area contributed by atoms with E-state index < -0.39 is 5.97 Å². The number of piperazine rings is 1. The zero-order chi connectivity index (χ0) is 11.1. The number of hydrogen-bond donors (Lipinski definition) is 2. The van der Waals surface area contributed by atoms with Crippen LogP contribution in [-0.4, -0.2) is 55.0 Å². The Morgan fingerprint density at radius 3 is 2.73 bits per heavy atom. The first-order valence-corrected chi connectivity index (χ1v) is 5.52. The number of carbonyl (C=O) groups is 1. The highest BCUT2D eigenvalue weighted by Gasteiger charge is 2.23. The SMILES string of the molecule is CCCOC(CC(=O)O)N1CCNCC1. The molecule has 0 saturated carbocycles. The molecule has 0 spiro atoms. The molecule has 0 aromatic carbocycles. The fourth-order valence-corrected chi connectivity index (χ4v) is 1.67. The molecule has 1 rings (SSSR count). The maximum absolute atomic E-state index is 10.7. The molecule has 0 bridgehead atoms. The van der Waals surface area contributed by atoms with E-state index >= 15 is 0 Å². The highest BCUT2D eigenvalue weighted by molar-refractivity contribution is 5.67. The molecule has 1 heterocycles. The summed E-state index contributed by atoms with van der Waals surface area (Å²) in [6.07, 6.45) is 0.729. The Balaban J connectivity index is 2.41. The molecular weight excluding hydrogens is 196 g/mol. The van der Waals surface area contributed by atoms with Crippen LogP contribution in [0.2, 0.25) is 0 Å². The second-order valence-corrected chi connectivity index (χ2v) is 3.71. The topological polar surface area (TPSA) is 61.8 Å². The molecule has 0 aliphatic carbocycles. The molecule has 1 unspecified atom stereocenters. The van der Waals surface area contributed by atoms with E-state index in [9.17, 15) is 4.79 Å².